The highest BCUT2D eigenvalue weighted by Crippen LogP contribution is 2.77. The number of halogens is 1. The minimum Gasteiger partial charge on any atom is -0.481 e. The number of esters is 1. The average molecular weight is 747 g/mol. The molecule has 9 heteroatoms. The van der Waals surface area contributed by atoms with Crippen molar-refractivity contribution < 1.29 is 28.6 Å². The summed E-state index contributed by atoms with van der Waals surface area (Å²) in [4.78, 5) is 39.0. The van der Waals surface area contributed by atoms with Crippen LogP contribution in [0.25, 0.3) is 11.5 Å². The number of carboxylic acid groups (broad SMARTS) is 1. The van der Waals surface area contributed by atoms with Crippen LogP contribution in [0.4, 0.5) is 0 Å². The number of ketones is 1. The molecule has 0 spiro atoms. The van der Waals surface area contributed by atoms with E-state index < -0.39 is 17.4 Å². The van der Waals surface area contributed by atoms with Gasteiger partial charge in [0.1, 0.15) is 6.10 Å². The van der Waals surface area contributed by atoms with Crippen LogP contribution < -0.4 is 0 Å². The normalized spacial score (nSPS) is 36.4. The quantitative estimate of drug-likeness (QED) is 0.265. The maximum Gasteiger partial charge on any atom is 0.309 e. The molecule has 5 aliphatic carbocycles. The van der Waals surface area contributed by atoms with E-state index in [2.05, 4.69) is 58.7 Å². The summed E-state index contributed by atoms with van der Waals surface area (Å²) in [5.74, 6) is 1.24. The molecule has 8 atom stereocenters. The van der Waals surface area contributed by atoms with Crippen LogP contribution in [0.3, 0.4) is 0 Å². The zero-order valence-corrected chi connectivity index (χ0v) is 34.0. The third-order valence-corrected chi connectivity index (χ3v) is 16.2. The molecule has 1 unspecified atom stereocenters. The SMILES string of the molecule is CC(C)C1=C2C3CC[C@@H]4[C@@]5(C)CC[C@H](OC(=O)CC(C)(C)C(=O)O)C(C)(C)[C@@H]5CC[C@@]4(C)[C@]3(C)CC[C@@]2(Cc2nnc(-c3cccc(Cl)c3)o2)CC1=O. The molecule has 1 heterocycles. The maximum atomic E-state index is 14.1. The van der Waals surface area contributed by atoms with Crippen molar-refractivity contribution in [1.29, 1.82) is 0 Å². The molecule has 1 aromatic carbocycles. The molecule has 0 radical (unpaired) electrons. The first-order valence-corrected chi connectivity index (χ1v) is 20.4. The van der Waals surface area contributed by atoms with Crippen molar-refractivity contribution in [2.75, 3.05) is 0 Å². The molecule has 53 heavy (non-hydrogen) atoms. The van der Waals surface area contributed by atoms with E-state index in [1.54, 1.807) is 13.8 Å². The fraction of sp³-hybridized carbons (Fsp3) is 0.705. The van der Waals surface area contributed by atoms with Crippen molar-refractivity contribution >= 4 is 29.3 Å². The van der Waals surface area contributed by atoms with Gasteiger partial charge in [-0.3, -0.25) is 14.4 Å². The molecular weight excluding hydrogens is 688 g/mol. The summed E-state index contributed by atoms with van der Waals surface area (Å²) in [5, 5.41) is 19.2. The number of aliphatic carboxylic acids is 1. The number of fused-ring (bicyclic) bond motifs is 7. The Kier molecular flexibility index (Phi) is 9.23. The molecule has 4 fully saturated rings. The van der Waals surface area contributed by atoms with Gasteiger partial charge in [-0.25, -0.2) is 0 Å². The molecule has 0 saturated heterocycles. The zero-order valence-electron chi connectivity index (χ0n) is 33.2. The Labute approximate surface area is 320 Å². The van der Waals surface area contributed by atoms with Crippen LogP contribution >= 0.6 is 11.6 Å². The number of hydrogen-bond acceptors (Lipinski definition) is 7. The Bertz CT molecular complexity index is 1860. The number of carboxylic acids is 1. The lowest BCUT2D eigenvalue weighted by atomic mass is 9.33. The summed E-state index contributed by atoms with van der Waals surface area (Å²) >= 11 is 6.27. The highest BCUT2D eigenvalue weighted by molar-refractivity contribution is 6.30. The minimum atomic E-state index is -1.16. The third-order valence-electron chi connectivity index (χ3n) is 16.0. The number of benzene rings is 1. The van der Waals surface area contributed by atoms with E-state index in [9.17, 15) is 19.5 Å². The number of carbonyl (C=O) groups excluding carboxylic acids is 2. The Morgan fingerprint density at radius 2 is 1.72 bits per heavy atom. The van der Waals surface area contributed by atoms with Crippen LogP contribution in [0.5, 0.6) is 0 Å². The van der Waals surface area contributed by atoms with Crippen LogP contribution in [0.2, 0.25) is 5.02 Å². The van der Waals surface area contributed by atoms with E-state index in [1.165, 1.54) is 5.57 Å². The molecule has 8 nitrogen and oxygen atoms in total. The van der Waals surface area contributed by atoms with Gasteiger partial charge in [0.15, 0.2) is 5.78 Å². The van der Waals surface area contributed by atoms with Crippen LogP contribution in [0.1, 0.15) is 132 Å². The summed E-state index contributed by atoms with van der Waals surface area (Å²) in [5.41, 5.74) is 1.67. The number of allylic oxidation sites excluding steroid dienone is 2. The van der Waals surface area contributed by atoms with Gasteiger partial charge in [0, 0.05) is 34.3 Å². The van der Waals surface area contributed by atoms with E-state index >= 15 is 0 Å². The van der Waals surface area contributed by atoms with Crippen molar-refractivity contribution in [3.05, 3.63) is 46.3 Å². The first-order valence-electron chi connectivity index (χ1n) is 20.0. The Hall–Kier alpha value is -3.00. The highest BCUT2D eigenvalue weighted by atomic mass is 35.5. The predicted molar refractivity (Wildman–Crippen MR) is 204 cm³/mol. The number of nitrogens with zero attached hydrogens (tertiary/aromatic N) is 2. The first-order chi connectivity index (χ1) is 24.7. The molecule has 0 amide bonds. The van der Waals surface area contributed by atoms with Gasteiger partial charge in [-0.15, -0.1) is 10.2 Å². The van der Waals surface area contributed by atoms with Crippen molar-refractivity contribution in [2.45, 2.75) is 139 Å². The molecule has 1 N–H and O–H groups in total. The van der Waals surface area contributed by atoms with Gasteiger partial charge in [-0.1, -0.05) is 71.7 Å². The molecule has 5 aliphatic rings. The Morgan fingerprint density at radius 1 is 0.981 bits per heavy atom. The number of hydrogen-bond donors (Lipinski definition) is 1. The van der Waals surface area contributed by atoms with Gasteiger partial charge in [-0.2, -0.15) is 0 Å². The van der Waals surface area contributed by atoms with Gasteiger partial charge in [0.2, 0.25) is 11.8 Å². The predicted octanol–water partition coefficient (Wildman–Crippen LogP) is 10.3. The van der Waals surface area contributed by atoms with Crippen molar-refractivity contribution in [2.24, 2.45) is 56.2 Å². The van der Waals surface area contributed by atoms with Gasteiger partial charge < -0.3 is 14.3 Å². The standard InChI is InChI=1S/C44H59ClN2O6/c1-25(2)35-29(48)22-44(23-33-46-47-37(53-33)26-11-10-12-27(45)21-26)20-19-42(8)28(36(35)44)13-14-31-41(7)17-16-32(52-34(49)24-39(3,4)38(50)51)40(5,6)30(41)15-18-43(31,42)9/h10-12,21,25,28,30-32H,13-20,22-24H2,1-9H3,(H,50,51)/t28?,30-,31+,32-,41-,42+,43+,44-/m0/s1. The fourth-order valence-corrected chi connectivity index (χ4v) is 13.3. The monoisotopic (exact) mass is 746 g/mol. The number of aromatic nitrogens is 2. The number of ether oxygens (including phenoxy) is 1. The molecule has 0 bridgehead atoms. The first kappa shape index (κ1) is 38.3. The van der Waals surface area contributed by atoms with E-state index in [4.69, 9.17) is 20.8 Å². The van der Waals surface area contributed by atoms with Gasteiger partial charge >= 0.3 is 11.9 Å². The second-order valence-electron chi connectivity index (χ2n) is 19.9. The van der Waals surface area contributed by atoms with Crippen molar-refractivity contribution in [3.63, 3.8) is 0 Å². The van der Waals surface area contributed by atoms with E-state index in [-0.39, 0.29) is 51.3 Å². The van der Waals surface area contributed by atoms with Gasteiger partial charge in [0.05, 0.1) is 11.8 Å². The molecule has 288 valence electrons. The van der Waals surface area contributed by atoms with Crippen LogP contribution in [-0.4, -0.2) is 39.1 Å². The number of carbonyl (C=O) groups is 3. The summed E-state index contributed by atoms with van der Waals surface area (Å²) in [7, 11) is 0. The summed E-state index contributed by atoms with van der Waals surface area (Å²) in [6.07, 6.45) is 8.76. The van der Waals surface area contributed by atoms with E-state index in [0.717, 1.165) is 62.5 Å². The average Bonchev–Trinajstić information content (AvgIpc) is 3.64. The van der Waals surface area contributed by atoms with E-state index in [1.807, 2.05) is 24.3 Å². The molecular formula is C44H59ClN2O6. The minimum absolute atomic E-state index is 0.0180. The van der Waals surface area contributed by atoms with Gasteiger partial charge in [0.25, 0.3) is 0 Å². The molecule has 0 aliphatic heterocycles. The van der Waals surface area contributed by atoms with Gasteiger partial charge in [-0.05, 0) is 129 Å². The summed E-state index contributed by atoms with van der Waals surface area (Å²) in [6.45, 7) is 19.7. The molecule has 1 aromatic heterocycles. The topological polar surface area (TPSA) is 120 Å². The van der Waals surface area contributed by atoms with Crippen LogP contribution in [0.15, 0.2) is 39.8 Å². The van der Waals surface area contributed by atoms with Crippen molar-refractivity contribution in [3.8, 4) is 11.5 Å². The molecule has 7 rings (SSSR count). The van der Waals surface area contributed by atoms with Crippen molar-refractivity contribution in [1.82, 2.24) is 10.2 Å². The third kappa shape index (κ3) is 5.85. The van der Waals surface area contributed by atoms with E-state index in [0.29, 0.717) is 47.4 Å². The summed E-state index contributed by atoms with van der Waals surface area (Å²) in [6, 6.07) is 7.47. The zero-order chi connectivity index (χ0) is 38.5. The lowest BCUT2D eigenvalue weighted by Gasteiger charge is -2.72. The Morgan fingerprint density at radius 3 is 2.40 bits per heavy atom. The smallest absolute Gasteiger partial charge is 0.309 e. The molecule has 2 aromatic rings. The van der Waals surface area contributed by atoms with Crippen LogP contribution in [0, 0.1) is 56.2 Å². The fourth-order valence-electron chi connectivity index (χ4n) is 13.1. The Balaban J connectivity index is 1.18. The maximum absolute atomic E-state index is 14.1. The largest absolute Gasteiger partial charge is 0.481 e. The number of rotatable bonds is 8. The number of Topliss-reactive ketones (excluding diaryl/α,β-unsaturated/α-hetero) is 1. The second-order valence-corrected chi connectivity index (χ2v) is 20.3. The lowest BCUT2D eigenvalue weighted by molar-refractivity contribution is -0.233. The lowest BCUT2D eigenvalue weighted by Crippen LogP contribution is -2.65. The molecule has 4 saturated carbocycles. The highest BCUT2D eigenvalue weighted by Gasteiger charge is 2.70. The summed E-state index contributed by atoms with van der Waals surface area (Å²) < 4.78 is 12.5. The second kappa shape index (κ2) is 12.8. The van der Waals surface area contributed by atoms with Crippen LogP contribution in [-0.2, 0) is 25.5 Å².